The van der Waals surface area contributed by atoms with Crippen LogP contribution in [0.25, 0.3) is 0 Å². The number of aryl methyl sites for hydroxylation is 1. The molecule has 0 saturated heterocycles. The Morgan fingerprint density at radius 3 is 2.47 bits per heavy atom. The lowest BCUT2D eigenvalue weighted by atomic mass is 10.0. The molecule has 8 heteroatoms. The van der Waals surface area contributed by atoms with E-state index in [9.17, 15) is 19.5 Å². The molecule has 0 fully saturated rings. The molecule has 1 unspecified atom stereocenters. The lowest BCUT2D eigenvalue weighted by molar-refractivity contribution is -0.139. The van der Waals surface area contributed by atoms with Gasteiger partial charge in [0.1, 0.15) is 23.9 Å². The van der Waals surface area contributed by atoms with Crippen molar-refractivity contribution in [2.75, 3.05) is 19.6 Å². The van der Waals surface area contributed by atoms with E-state index in [-0.39, 0.29) is 24.7 Å². The summed E-state index contributed by atoms with van der Waals surface area (Å²) in [7, 11) is 0. The van der Waals surface area contributed by atoms with Crippen LogP contribution in [0.5, 0.6) is 5.75 Å². The largest absolute Gasteiger partial charge is 0.508 e. The van der Waals surface area contributed by atoms with Crippen LogP contribution in [0.3, 0.4) is 0 Å². The quantitative estimate of drug-likeness (QED) is 0.355. The van der Waals surface area contributed by atoms with Crippen LogP contribution in [0.4, 0.5) is 4.79 Å². The number of nitrogens with one attached hydrogen (secondary N) is 2. The van der Waals surface area contributed by atoms with Crippen molar-refractivity contribution in [3.63, 3.8) is 0 Å². The van der Waals surface area contributed by atoms with Crippen molar-refractivity contribution in [1.29, 1.82) is 0 Å². The SMILES string of the molecule is C=CCN(C(=O)CNC(=O)OC(C)(C)C)C(C(=O)NCCCCC)c1ccc(O)c(C)c1. The van der Waals surface area contributed by atoms with Crippen molar-refractivity contribution in [3.05, 3.63) is 42.0 Å². The minimum atomic E-state index is -0.943. The number of phenolic OH excluding ortho intramolecular Hbond substituents is 1. The molecule has 0 aromatic heterocycles. The number of unbranched alkanes of at least 4 members (excludes halogenated alkanes) is 2. The number of aromatic hydroxyl groups is 1. The summed E-state index contributed by atoms with van der Waals surface area (Å²) in [5.41, 5.74) is 0.447. The summed E-state index contributed by atoms with van der Waals surface area (Å²) in [6.07, 6.45) is 3.65. The second-order valence-electron chi connectivity index (χ2n) is 8.64. The van der Waals surface area contributed by atoms with Crippen LogP contribution in [-0.2, 0) is 14.3 Å². The average Bonchev–Trinajstić information content (AvgIpc) is 2.70. The van der Waals surface area contributed by atoms with Gasteiger partial charge in [0, 0.05) is 13.1 Å². The fourth-order valence-corrected chi connectivity index (χ4v) is 3.06. The molecule has 0 radical (unpaired) electrons. The van der Waals surface area contributed by atoms with Crippen LogP contribution in [0.15, 0.2) is 30.9 Å². The summed E-state index contributed by atoms with van der Waals surface area (Å²) >= 11 is 0. The highest BCUT2D eigenvalue weighted by Gasteiger charge is 2.31. The first kappa shape index (κ1) is 27.0. The highest BCUT2D eigenvalue weighted by atomic mass is 16.6. The molecule has 3 N–H and O–H groups in total. The van der Waals surface area contributed by atoms with Crippen LogP contribution < -0.4 is 10.6 Å². The van der Waals surface area contributed by atoms with E-state index in [0.29, 0.717) is 17.7 Å². The zero-order valence-corrected chi connectivity index (χ0v) is 19.9. The van der Waals surface area contributed by atoms with E-state index in [0.717, 1.165) is 19.3 Å². The molecule has 32 heavy (non-hydrogen) atoms. The predicted octanol–water partition coefficient (Wildman–Crippen LogP) is 3.59. The molecule has 178 valence electrons. The van der Waals surface area contributed by atoms with Gasteiger partial charge in [-0.15, -0.1) is 6.58 Å². The zero-order chi connectivity index (χ0) is 24.3. The summed E-state index contributed by atoms with van der Waals surface area (Å²) < 4.78 is 5.18. The van der Waals surface area contributed by atoms with Gasteiger partial charge >= 0.3 is 6.09 Å². The third kappa shape index (κ3) is 8.99. The molecule has 0 aliphatic heterocycles. The third-order valence-electron chi connectivity index (χ3n) is 4.61. The molecule has 0 bridgehead atoms. The number of carbonyl (C=O) groups excluding carboxylic acids is 3. The smallest absolute Gasteiger partial charge is 0.408 e. The maximum absolute atomic E-state index is 13.1. The molecule has 1 atom stereocenters. The van der Waals surface area contributed by atoms with Crippen LogP contribution in [0.2, 0.25) is 0 Å². The minimum Gasteiger partial charge on any atom is -0.508 e. The van der Waals surface area contributed by atoms with Gasteiger partial charge in [-0.1, -0.05) is 31.9 Å². The monoisotopic (exact) mass is 447 g/mol. The van der Waals surface area contributed by atoms with Gasteiger partial charge in [-0.3, -0.25) is 9.59 Å². The zero-order valence-electron chi connectivity index (χ0n) is 19.9. The van der Waals surface area contributed by atoms with Gasteiger partial charge in [0.2, 0.25) is 11.8 Å². The van der Waals surface area contributed by atoms with Crippen LogP contribution in [0.1, 0.15) is 64.1 Å². The molecule has 0 heterocycles. The Hall–Kier alpha value is -3.03. The molecule has 1 aromatic carbocycles. The van der Waals surface area contributed by atoms with Crippen LogP contribution in [0, 0.1) is 6.92 Å². The van der Waals surface area contributed by atoms with Crippen molar-refractivity contribution in [2.24, 2.45) is 0 Å². The van der Waals surface area contributed by atoms with Gasteiger partial charge in [0.15, 0.2) is 0 Å². The lowest BCUT2D eigenvalue weighted by Gasteiger charge is -2.31. The van der Waals surface area contributed by atoms with Crippen LogP contribution >= 0.6 is 0 Å². The highest BCUT2D eigenvalue weighted by Crippen LogP contribution is 2.26. The Morgan fingerprint density at radius 2 is 1.91 bits per heavy atom. The topological polar surface area (TPSA) is 108 Å². The Kier molecular flexibility index (Phi) is 10.7. The van der Waals surface area contributed by atoms with E-state index >= 15 is 0 Å². The standard InChI is InChI=1S/C24H37N3O5/c1-7-9-10-13-25-22(30)21(18-11-12-19(28)17(3)15-18)27(14-8-2)20(29)16-26-23(31)32-24(4,5)6/h8,11-12,15,21,28H,2,7,9-10,13-14,16H2,1,3-6H3,(H,25,30)(H,26,31). The van der Waals surface area contributed by atoms with Crippen molar-refractivity contribution in [3.8, 4) is 5.75 Å². The number of phenols is 1. The number of hydrogen-bond donors (Lipinski definition) is 3. The van der Waals surface area contributed by atoms with Gasteiger partial charge in [0.05, 0.1) is 0 Å². The molecule has 0 spiro atoms. The van der Waals surface area contributed by atoms with Crippen molar-refractivity contribution in [2.45, 2.75) is 65.5 Å². The number of hydrogen-bond acceptors (Lipinski definition) is 5. The summed E-state index contributed by atoms with van der Waals surface area (Å²) in [6, 6.07) is 3.85. The van der Waals surface area contributed by atoms with E-state index in [1.807, 2.05) is 0 Å². The molecule has 0 aliphatic rings. The first-order valence-electron chi connectivity index (χ1n) is 10.9. The summed E-state index contributed by atoms with van der Waals surface area (Å²) in [5, 5.41) is 15.2. The summed E-state index contributed by atoms with van der Waals surface area (Å²) in [5.74, 6) is -0.696. The molecule has 8 nitrogen and oxygen atoms in total. The molecule has 0 saturated carbocycles. The van der Waals surface area contributed by atoms with E-state index in [1.54, 1.807) is 39.8 Å². The number of rotatable bonds is 11. The molecule has 0 aliphatic carbocycles. The van der Waals surface area contributed by atoms with Crippen molar-refractivity contribution >= 4 is 17.9 Å². The second kappa shape index (κ2) is 12.7. The summed E-state index contributed by atoms with van der Waals surface area (Å²) in [4.78, 5) is 39.5. The van der Waals surface area contributed by atoms with Crippen LogP contribution in [-0.4, -0.2) is 53.1 Å². The van der Waals surface area contributed by atoms with Crippen molar-refractivity contribution in [1.82, 2.24) is 15.5 Å². The first-order valence-corrected chi connectivity index (χ1v) is 10.9. The maximum atomic E-state index is 13.1. The number of amides is 3. The molecular formula is C24H37N3O5. The minimum absolute atomic E-state index is 0.0990. The number of benzene rings is 1. The average molecular weight is 448 g/mol. The molecular weight excluding hydrogens is 410 g/mol. The molecule has 1 rings (SSSR count). The maximum Gasteiger partial charge on any atom is 0.408 e. The number of carbonyl (C=O) groups is 3. The predicted molar refractivity (Wildman–Crippen MR) is 124 cm³/mol. The number of nitrogens with zero attached hydrogens (tertiary/aromatic N) is 1. The van der Waals surface area contributed by atoms with E-state index < -0.39 is 23.6 Å². The molecule has 1 aromatic rings. The highest BCUT2D eigenvalue weighted by molar-refractivity contribution is 5.90. The van der Waals surface area contributed by atoms with Gasteiger partial charge in [0.25, 0.3) is 0 Å². The first-order chi connectivity index (χ1) is 15.0. The van der Waals surface area contributed by atoms with Gasteiger partial charge < -0.3 is 25.4 Å². The van der Waals surface area contributed by atoms with E-state index in [4.69, 9.17) is 4.74 Å². The Morgan fingerprint density at radius 1 is 1.22 bits per heavy atom. The fourth-order valence-electron chi connectivity index (χ4n) is 3.06. The Balaban J connectivity index is 3.12. The normalized spacial score (nSPS) is 11.9. The Labute approximate surface area is 191 Å². The Bertz CT molecular complexity index is 801. The summed E-state index contributed by atoms with van der Waals surface area (Å²) in [6.45, 7) is 12.9. The third-order valence-corrected chi connectivity index (χ3v) is 4.61. The second-order valence-corrected chi connectivity index (χ2v) is 8.64. The van der Waals surface area contributed by atoms with Gasteiger partial charge in [-0.05, 0) is 57.4 Å². The number of alkyl carbamates (subject to hydrolysis) is 1. The van der Waals surface area contributed by atoms with Gasteiger partial charge in [-0.2, -0.15) is 0 Å². The van der Waals surface area contributed by atoms with E-state index in [1.165, 1.54) is 17.0 Å². The van der Waals surface area contributed by atoms with Crippen molar-refractivity contribution < 1.29 is 24.2 Å². The van der Waals surface area contributed by atoms with E-state index in [2.05, 4.69) is 24.1 Å². The lowest BCUT2D eigenvalue weighted by Crippen LogP contribution is -2.48. The molecule has 3 amide bonds. The van der Waals surface area contributed by atoms with Gasteiger partial charge in [-0.25, -0.2) is 4.79 Å². The number of ether oxygens (including phenoxy) is 1. The fraction of sp³-hybridized carbons (Fsp3) is 0.542.